The molecule has 0 fully saturated rings. The van der Waals surface area contributed by atoms with Crippen molar-refractivity contribution in [2.75, 3.05) is 6.61 Å². The van der Waals surface area contributed by atoms with Gasteiger partial charge in [0.15, 0.2) is 5.75 Å². The topological polar surface area (TPSA) is 166 Å². The number of aromatic amines is 1. The number of hydrogen-bond acceptors (Lipinski definition) is 8. The second kappa shape index (κ2) is 10.6. The lowest BCUT2D eigenvalue weighted by Crippen LogP contribution is -2.32. The number of rotatable bonds is 9. The molecule has 0 saturated heterocycles. The number of carboxylic acids is 1. The molecule has 2 N–H and O–H groups in total. The van der Waals surface area contributed by atoms with Crippen LogP contribution in [0.4, 0.5) is 5.69 Å². The molecule has 3 aromatic carbocycles. The highest BCUT2D eigenvalue weighted by atomic mass is 16.6. The predicted molar refractivity (Wildman–Crippen MR) is 134 cm³/mol. The van der Waals surface area contributed by atoms with Crippen molar-refractivity contribution in [1.82, 2.24) is 9.66 Å². The Morgan fingerprint density at radius 1 is 1.14 bits per heavy atom. The first-order valence-electron chi connectivity index (χ1n) is 11.0. The summed E-state index contributed by atoms with van der Waals surface area (Å²) in [7, 11) is 0. The van der Waals surface area contributed by atoms with Crippen LogP contribution in [0.15, 0.2) is 75.4 Å². The Kier molecular flexibility index (Phi) is 7.09. The van der Waals surface area contributed by atoms with E-state index in [4.69, 9.17) is 14.6 Å². The molecule has 1 heterocycles. The molecule has 0 bridgehead atoms. The minimum atomic E-state index is -1.08. The number of para-hydroxylation sites is 1. The van der Waals surface area contributed by atoms with Crippen LogP contribution in [0.25, 0.3) is 10.9 Å². The molecule has 0 atom stereocenters. The molecule has 188 valence electrons. The standard InChI is InChI=1S/C25H20N4O8/c1-2-36-21-12-16(13-26-28-23(30)18-5-3-4-6-19(18)27-25(28)33)11-20(29(34)35)22(21)37-14-15-7-9-17(10-8-15)24(31)32/h3-13H,2,14H2,1H3,(H,27,33)(H,31,32). The monoisotopic (exact) mass is 504 g/mol. The number of carboxylic acid groups (broad SMARTS) is 1. The minimum absolute atomic E-state index is 0.0556. The first kappa shape index (κ1) is 24.9. The molecule has 0 aliphatic rings. The third kappa shape index (κ3) is 5.37. The zero-order valence-corrected chi connectivity index (χ0v) is 19.4. The van der Waals surface area contributed by atoms with E-state index in [0.29, 0.717) is 15.8 Å². The Morgan fingerprint density at radius 2 is 1.86 bits per heavy atom. The first-order chi connectivity index (χ1) is 17.8. The van der Waals surface area contributed by atoms with E-state index in [1.165, 1.54) is 36.4 Å². The number of nitro groups is 1. The molecule has 0 aliphatic carbocycles. The molecule has 12 nitrogen and oxygen atoms in total. The maximum Gasteiger partial charge on any atom is 0.349 e. The quantitative estimate of drug-likeness (QED) is 0.199. The summed E-state index contributed by atoms with van der Waals surface area (Å²) in [5.41, 5.74) is -0.614. The summed E-state index contributed by atoms with van der Waals surface area (Å²) in [5, 5.41) is 25.1. The number of benzene rings is 3. The van der Waals surface area contributed by atoms with Crippen LogP contribution < -0.4 is 20.7 Å². The normalized spacial score (nSPS) is 11.1. The van der Waals surface area contributed by atoms with Gasteiger partial charge in [0, 0.05) is 11.6 Å². The Morgan fingerprint density at radius 3 is 2.54 bits per heavy atom. The fourth-order valence-corrected chi connectivity index (χ4v) is 3.51. The van der Waals surface area contributed by atoms with Gasteiger partial charge in [-0.2, -0.15) is 5.10 Å². The highest BCUT2D eigenvalue weighted by Crippen LogP contribution is 2.38. The van der Waals surface area contributed by atoms with Crippen molar-refractivity contribution < 1.29 is 24.3 Å². The number of H-pyrrole nitrogens is 1. The van der Waals surface area contributed by atoms with E-state index in [1.54, 1.807) is 31.2 Å². The van der Waals surface area contributed by atoms with Crippen molar-refractivity contribution in [1.29, 1.82) is 0 Å². The number of carbonyl (C=O) groups is 1. The summed E-state index contributed by atoms with van der Waals surface area (Å²) in [6.45, 7) is 1.77. The second-order valence-corrected chi connectivity index (χ2v) is 7.69. The zero-order chi connectivity index (χ0) is 26.5. The fourth-order valence-electron chi connectivity index (χ4n) is 3.51. The van der Waals surface area contributed by atoms with Gasteiger partial charge in [0.25, 0.3) is 5.56 Å². The van der Waals surface area contributed by atoms with Gasteiger partial charge in [0.2, 0.25) is 5.75 Å². The third-order valence-corrected chi connectivity index (χ3v) is 5.24. The highest BCUT2D eigenvalue weighted by molar-refractivity contribution is 5.87. The lowest BCUT2D eigenvalue weighted by molar-refractivity contribution is -0.386. The molecule has 1 aromatic heterocycles. The van der Waals surface area contributed by atoms with E-state index in [2.05, 4.69) is 10.1 Å². The minimum Gasteiger partial charge on any atom is -0.490 e. The van der Waals surface area contributed by atoms with Crippen molar-refractivity contribution in [2.45, 2.75) is 13.5 Å². The van der Waals surface area contributed by atoms with Gasteiger partial charge >= 0.3 is 17.3 Å². The van der Waals surface area contributed by atoms with Crippen molar-refractivity contribution >= 4 is 28.8 Å². The molecule has 4 rings (SSSR count). The summed E-state index contributed by atoms with van der Waals surface area (Å²) < 4.78 is 11.9. The Hall–Kier alpha value is -5.26. The smallest absolute Gasteiger partial charge is 0.349 e. The zero-order valence-electron chi connectivity index (χ0n) is 19.4. The van der Waals surface area contributed by atoms with Crippen LogP contribution in [-0.2, 0) is 6.61 Å². The molecule has 0 aliphatic heterocycles. The van der Waals surface area contributed by atoms with Gasteiger partial charge in [0.05, 0.1) is 34.2 Å². The van der Waals surface area contributed by atoms with Crippen molar-refractivity contribution in [3.05, 3.63) is 108 Å². The molecule has 37 heavy (non-hydrogen) atoms. The molecule has 0 spiro atoms. The van der Waals surface area contributed by atoms with Gasteiger partial charge in [-0.25, -0.2) is 9.59 Å². The predicted octanol–water partition coefficient (Wildman–Crippen LogP) is 3.16. The summed E-state index contributed by atoms with van der Waals surface area (Å²) in [5.74, 6) is -1.15. The van der Waals surface area contributed by atoms with Crippen LogP contribution in [0.2, 0.25) is 0 Å². The average molecular weight is 504 g/mol. The number of fused-ring (bicyclic) bond motifs is 1. The Bertz CT molecular complexity index is 1640. The van der Waals surface area contributed by atoms with Crippen LogP contribution in [0.1, 0.15) is 28.4 Å². The van der Waals surface area contributed by atoms with Crippen molar-refractivity contribution in [3.8, 4) is 11.5 Å². The SMILES string of the molecule is CCOc1cc(C=Nn2c(=O)[nH]c3ccccc3c2=O)cc([N+](=O)[O-])c1OCc1ccc(C(=O)O)cc1. The van der Waals surface area contributed by atoms with Gasteiger partial charge in [-0.1, -0.05) is 24.3 Å². The number of aromatic nitrogens is 2. The van der Waals surface area contributed by atoms with Crippen LogP contribution in [0.3, 0.4) is 0 Å². The van der Waals surface area contributed by atoms with Gasteiger partial charge in [-0.05, 0) is 42.8 Å². The summed E-state index contributed by atoms with van der Waals surface area (Å²) >= 11 is 0. The summed E-state index contributed by atoms with van der Waals surface area (Å²) in [6, 6.07) is 14.9. The molecule has 0 unspecified atom stereocenters. The molecule has 0 amide bonds. The largest absolute Gasteiger partial charge is 0.490 e. The van der Waals surface area contributed by atoms with Crippen LogP contribution in [0, 0.1) is 10.1 Å². The number of nitrogens with zero attached hydrogens (tertiary/aromatic N) is 3. The van der Waals surface area contributed by atoms with Gasteiger partial charge in [-0.3, -0.25) is 14.9 Å². The molecular formula is C25H20N4O8. The van der Waals surface area contributed by atoms with Crippen LogP contribution in [-0.4, -0.2) is 38.5 Å². The molecule has 4 aromatic rings. The van der Waals surface area contributed by atoms with Gasteiger partial charge in [-0.15, -0.1) is 4.68 Å². The Balaban J connectivity index is 1.69. The number of nitro benzene ring substituents is 1. The van der Waals surface area contributed by atoms with E-state index in [1.807, 2.05) is 0 Å². The van der Waals surface area contributed by atoms with Crippen molar-refractivity contribution in [3.63, 3.8) is 0 Å². The van der Waals surface area contributed by atoms with E-state index in [-0.39, 0.29) is 41.2 Å². The molecule has 0 radical (unpaired) electrons. The molecular weight excluding hydrogens is 484 g/mol. The van der Waals surface area contributed by atoms with E-state index in [0.717, 1.165) is 6.21 Å². The van der Waals surface area contributed by atoms with Crippen LogP contribution in [0.5, 0.6) is 11.5 Å². The third-order valence-electron chi connectivity index (χ3n) is 5.24. The highest BCUT2D eigenvalue weighted by Gasteiger charge is 2.23. The molecule has 0 saturated carbocycles. The van der Waals surface area contributed by atoms with E-state index >= 15 is 0 Å². The number of hydrogen-bond donors (Lipinski definition) is 2. The maximum absolute atomic E-state index is 12.7. The Labute approximate surface area is 208 Å². The number of aromatic carboxylic acids is 1. The van der Waals surface area contributed by atoms with Crippen LogP contribution >= 0.6 is 0 Å². The summed E-state index contributed by atoms with van der Waals surface area (Å²) in [4.78, 5) is 49.8. The lowest BCUT2D eigenvalue weighted by Gasteiger charge is -2.13. The van der Waals surface area contributed by atoms with Gasteiger partial charge in [0.1, 0.15) is 6.61 Å². The lowest BCUT2D eigenvalue weighted by atomic mass is 10.1. The van der Waals surface area contributed by atoms with Crippen molar-refractivity contribution in [2.24, 2.45) is 5.10 Å². The second-order valence-electron chi connectivity index (χ2n) is 7.69. The molecule has 12 heteroatoms. The average Bonchev–Trinajstić information content (AvgIpc) is 2.88. The number of nitrogens with one attached hydrogen (secondary N) is 1. The van der Waals surface area contributed by atoms with Gasteiger partial charge < -0.3 is 19.6 Å². The first-order valence-corrected chi connectivity index (χ1v) is 11.0. The maximum atomic E-state index is 12.7. The van der Waals surface area contributed by atoms with E-state index in [9.17, 15) is 24.5 Å². The van der Waals surface area contributed by atoms with E-state index < -0.39 is 27.8 Å². The summed E-state index contributed by atoms with van der Waals surface area (Å²) in [6.07, 6.45) is 1.13. The number of ether oxygens (including phenoxy) is 2. The fraction of sp³-hybridized carbons (Fsp3) is 0.120.